The maximum atomic E-state index is 13.6. The summed E-state index contributed by atoms with van der Waals surface area (Å²) < 4.78 is 15.7. The zero-order valence-corrected chi connectivity index (χ0v) is 15.2. The van der Waals surface area contributed by atoms with Crippen LogP contribution in [0.15, 0.2) is 18.2 Å². The molecule has 0 bridgehead atoms. The van der Waals surface area contributed by atoms with E-state index in [4.69, 9.17) is 5.10 Å². The average Bonchev–Trinajstić information content (AvgIpc) is 3.03. The van der Waals surface area contributed by atoms with Crippen LogP contribution in [0, 0.1) is 5.82 Å². The molecule has 0 saturated carbocycles. The summed E-state index contributed by atoms with van der Waals surface area (Å²) in [6.07, 6.45) is 4.10. The highest BCUT2D eigenvalue weighted by Crippen LogP contribution is 2.39. The van der Waals surface area contributed by atoms with Crippen LogP contribution < -0.4 is 10.2 Å². The number of nitrogens with zero attached hydrogens (tertiary/aromatic N) is 3. The van der Waals surface area contributed by atoms with Crippen molar-refractivity contribution in [3.63, 3.8) is 0 Å². The van der Waals surface area contributed by atoms with Crippen molar-refractivity contribution in [1.29, 1.82) is 0 Å². The molecule has 1 N–H and O–H groups in total. The summed E-state index contributed by atoms with van der Waals surface area (Å²) in [6.45, 7) is 8.53. The number of nitrogens with one attached hydrogen (secondary N) is 1. The van der Waals surface area contributed by atoms with Crippen molar-refractivity contribution >= 4 is 5.69 Å². The summed E-state index contributed by atoms with van der Waals surface area (Å²) in [5, 5.41) is 8.54. The Morgan fingerprint density at radius 3 is 2.68 bits per heavy atom. The highest BCUT2D eigenvalue weighted by atomic mass is 19.1. The van der Waals surface area contributed by atoms with Crippen molar-refractivity contribution < 1.29 is 4.39 Å². The van der Waals surface area contributed by atoms with Crippen molar-refractivity contribution in [2.75, 3.05) is 31.1 Å². The monoisotopic (exact) mass is 342 g/mol. The minimum absolute atomic E-state index is 0.156. The van der Waals surface area contributed by atoms with Gasteiger partial charge < -0.3 is 10.2 Å². The Balaban J connectivity index is 1.86. The lowest BCUT2D eigenvalue weighted by Gasteiger charge is -2.28. The lowest BCUT2D eigenvalue weighted by Crippen LogP contribution is -2.29. The van der Waals surface area contributed by atoms with Crippen LogP contribution in [0.5, 0.6) is 0 Å². The molecule has 2 aliphatic heterocycles. The van der Waals surface area contributed by atoms with Gasteiger partial charge in [-0.1, -0.05) is 0 Å². The van der Waals surface area contributed by atoms with Gasteiger partial charge in [0, 0.05) is 19.0 Å². The van der Waals surface area contributed by atoms with E-state index in [1.165, 1.54) is 17.1 Å². The Morgan fingerprint density at radius 2 is 1.96 bits per heavy atom. The third-order valence-corrected chi connectivity index (χ3v) is 5.69. The van der Waals surface area contributed by atoms with E-state index in [0.717, 1.165) is 63.1 Å². The first-order chi connectivity index (χ1) is 12.2. The number of anilines is 1. The Morgan fingerprint density at radius 1 is 1.20 bits per heavy atom. The Labute approximate surface area is 149 Å². The van der Waals surface area contributed by atoms with Gasteiger partial charge in [0.25, 0.3) is 0 Å². The summed E-state index contributed by atoms with van der Waals surface area (Å²) in [4.78, 5) is 2.45. The molecular formula is C20H27FN4. The number of fused-ring (bicyclic) bond motifs is 3. The third-order valence-electron chi connectivity index (χ3n) is 5.69. The topological polar surface area (TPSA) is 33.1 Å². The van der Waals surface area contributed by atoms with E-state index in [9.17, 15) is 4.39 Å². The summed E-state index contributed by atoms with van der Waals surface area (Å²) in [6, 6.07) is 5.11. The van der Waals surface area contributed by atoms with Crippen LogP contribution in [0.3, 0.4) is 0 Å². The van der Waals surface area contributed by atoms with Gasteiger partial charge in [0.2, 0.25) is 0 Å². The van der Waals surface area contributed by atoms with E-state index in [0.29, 0.717) is 5.92 Å². The van der Waals surface area contributed by atoms with E-state index in [-0.39, 0.29) is 5.82 Å². The van der Waals surface area contributed by atoms with Crippen LogP contribution in [0.1, 0.15) is 49.6 Å². The molecular weight excluding hydrogens is 315 g/mol. The maximum Gasteiger partial charge on any atom is 0.123 e. The van der Waals surface area contributed by atoms with Crippen molar-refractivity contribution in [3.05, 3.63) is 41.0 Å². The number of rotatable bonds is 4. The zero-order chi connectivity index (χ0) is 17.4. The molecule has 1 saturated heterocycles. The summed E-state index contributed by atoms with van der Waals surface area (Å²) in [5.74, 6) is 0.357. The minimum Gasteiger partial charge on any atom is -0.369 e. The minimum atomic E-state index is -0.156. The molecule has 0 amide bonds. The van der Waals surface area contributed by atoms with E-state index in [1.54, 1.807) is 12.1 Å². The van der Waals surface area contributed by atoms with Crippen LogP contribution in [-0.2, 0) is 12.8 Å². The molecule has 0 radical (unpaired) electrons. The van der Waals surface area contributed by atoms with Crippen molar-refractivity contribution in [3.8, 4) is 5.69 Å². The zero-order valence-electron chi connectivity index (χ0n) is 15.2. The van der Waals surface area contributed by atoms with E-state index in [2.05, 4.69) is 28.7 Å². The first kappa shape index (κ1) is 16.6. The predicted octanol–water partition coefficient (Wildman–Crippen LogP) is 3.42. The maximum absolute atomic E-state index is 13.6. The second kappa shape index (κ2) is 6.79. The molecule has 134 valence electrons. The number of hydrogen-bond donors (Lipinski definition) is 1. The van der Waals surface area contributed by atoms with Crippen molar-refractivity contribution in [1.82, 2.24) is 15.1 Å². The lowest BCUT2D eigenvalue weighted by atomic mass is 9.92. The fraction of sp³-hybridized carbons (Fsp3) is 0.550. The molecule has 0 aliphatic carbocycles. The SMILES string of the molecule is CCN(CC)c1c(C2CCNCC2)nn2c1CCc1cc(F)ccc1-2. The van der Waals surface area contributed by atoms with Gasteiger partial charge >= 0.3 is 0 Å². The summed E-state index contributed by atoms with van der Waals surface area (Å²) in [5.41, 5.74) is 6.01. The van der Waals surface area contributed by atoms with Crippen LogP contribution in [-0.4, -0.2) is 36.0 Å². The molecule has 1 aromatic heterocycles. The second-order valence-corrected chi connectivity index (χ2v) is 7.06. The smallest absolute Gasteiger partial charge is 0.123 e. The highest BCUT2D eigenvalue weighted by molar-refractivity contribution is 5.61. The molecule has 1 aromatic carbocycles. The van der Waals surface area contributed by atoms with Crippen LogP contribution in [0.25, 0.3) is 5.69 Å². The number of piperidine rings is 1. The number of hydrogen-bond acceptors (Lipinski definition) is 3. The Hall–Kier alpha value is -1.88. The van der Waals surface area contributed by atoms with Gasteiger partial charge in [0.15, 0.2) is 0 Å². The molecule has 2 aliphatic rings. The molecule has 0 atom stereocenters. The first-order valence-electron chi connectivity index (χ1n) is 9.59. The molecule has 0 spiro atoms. The molecule has 4 rings (SSSR count). The lowest BCUT2D eigenvalue weighted by molar-refractivity contribution is 0.451. The highest BCUT2D eigenvalue weighted by Gasteiger charge is 2.30. The van der Waals surface area contributed by atoms with E-state index >= 15 is 0 Å². The first-order valence-corrected chi connectivity index (χ1v) is 9.59. The van der Waals surface area contributed by atoms with Gasteiger partial charge in [-0.15, -0.1) is 0 Å². The van der Waals surface area contributed by atoms with Crippen molar-refractivity contribution in [2.45, 2.75) is 45.4 Å². The molecule has 25 heavy (non-hydrogen) atoms. The molecule has 1 fully saturated rings. The van der Waals surface area contributed by atoms with E-state index < -0.39 is 0 Å². The molecule has 3 heterocycles. The standard InChI is InChI=1S/C20H27FN4/c1-3-24(4-2)20-18-7-5-15-13-16(21)6-8-17(15)25(18)23-19(20)14-9-11-22-12-10-14/h6,8,13-14,22H,3-5,7,9-12H2,1-2H3. The number of aromatic nitrogens is 2. The largest absolute Gasteiger partial charge is 0.369 e. The van der Waals surface area contributed by atoms with Crippen molar-refractivity contribution in [2.24, 2.45) is 0 Å². The van der Waals surface area contributed by atoms with E-state index in [1.807, 2.05) is 6.07 Å². The molecule has 0 unspecified atom stereocenters. The van der Waals surface area contributed by atoms with Gasteiger partial charge in [-0.05, 0) is 76.4 Å². The Kier molecular flexibility index (Phi) is 4.50. The van der Waals surface area contributed by atoms with Gasteiger partial charge in [0.1, 0.15) is 5.82 Å². The van der Waals surface area contributed by atoms with Crippen LogP contribution in [0.4, 0.5) is 10.1 Å². The molecule has 5 heteroatoms. The van der Waals surface area contributed by atoms with Crippen LogP contribution in [0.2, 0.25) is 0 Å². The second-order valence-electron chi connectivity index (χ2n) is 7.06. The fourth-order valence-electron chi connectivity index (χ4n) is 4.36. The van der Waals surface area contributed by atoms with Gasteiger partial charge in [0.05, 0.1) is 22.8 Å². The molecule has 4 nitrogen and oxygen atoms in total. The number of aryl methyl sites for hydroxylation is 1. The molecule has 2 aromatic rings. The number of halogens is 1. The van der Waals surface area contributed by atoms with Crippen LogP contribution >= 0.6 is 0 Å². The average molecular weight is 342 g/mol. The number of benzene rings is 1. The van der Waals surface area contributed by atoms with Gasteiger partial charge in [-0.25, -0.2) is 9.07 Å². The van der Waals surface area contributed by atoms with Gasteiger partial charge in [-0.3, -0.25) is 0 Å². The summed E-state index contributed by atoms with van der Waals surface area (Å²) in [7, 11) is 0. The Bertz CT molecular complexity index is 757. The summed E-state index contributed by atoms with van der Waals surface area (Å²) >= 11 is 0. The third kappa shape index (κ3) is 2.84. The fourth-order valence-corrected chi connectivity index (χ4v) is 4.36. The predicted molar refractivity (Wildman–Crippen MR) is 99.3 cm³/mol. The quantitative estimate of drug-likeness (QED) is 0.924. The normalized spacial score (nSPS) is 17.2. The van der Waals surface area contributed by atoms with Gasteiger partial charge in [-0.2, -0.15) is 5.10 Å².